The Morgan fingerprint density at radius 2 is 2.14 bits per heavy atom. The highest BCUT2D eigenvalue weighted by Gasteiger charge is 2.08. The van der Waals surface area contributed by atoms with Crippen LogP contribution >= 0.6 is 0 Å². The van der Waals surface area contributed by atoms with Crippen molar-refractivity contribution in [2.45, 2.75) is 13.3 Å². The minimum absolute atomic E-state index is 0.0570. The molecule has 3 rings (SSSR count). The summed E-state index contributed by atoms with van der Waals surface area (Å²) in [7, 11) is 0. The van der Waals surface area contributed by atoms with E-state index in [1.807, 2.05) is 31.2 Å². The molecule has 0 saturated heterocycles. The summed E-state index contributed by atoms with van der Waals surface area (Å²) < 4.78 is 5.65. The van der Waals surface area contributed by atoms with Crippen LogP contribution in [0.25, 0.3) is 11.2 Å². The lowest BCUT2D eigenvalue weighted by Crippen LogP contribution is -2.10. The average Bonchev–Trinajstić information content (AvgIpc) is 2.82. The number of aromatic amines is 2. The Bertz CT molecular complexity index is 837. The summed E-state index contributed by atoms with van der Waals surface area (Å²) in [5.41, 5.74) is 6.95. The number of imidazole rings is 1. The van der Waals surface area contributed by atoms with E-state index in [1.54, 1.807) is 0 Å². The predicted molar refractivity (Wildman–Crippen MR) is 79.3 cm³/mol. The molecule has 0 aliphatic carbocycles. The number of hydrogen-bond acceptors (Lipinski definition) is 5. The van der Waals surface area contributed by atoms with Crippen molar-refractivity contribution in [2.75, 3.05) is 12.3 Å². The number of aryl methyl sites for hydroxylation is 1. The zero-order chi connectivity index (χ0) is 14.8. The molecule has 0 saturated carbocycles. The highest BCUT2D eigenvalue weighted by atomic mass is 16.5. The minimum atomic E-state index is -0.323. The molecule has 108 valence electrons. The third-order valence-electron chi connectivity index (χ3n) is 3.03. The second-order valence-corrected chi connectivity index (χ2v) is 4.75. The Morgan fingerprint density at radius 3 is 2.95 bits per heavy atom. The first-order valence-corrected chi connectivity index (χ1v) is 6.55. The lowest BCUT2D eigenvalue weighted by atomic mass is 10.2. The number of ether oxygens (including phenoxy) is 1. The monoisotopic (exact) mass is 285 g/mol. The number of benzene rings is 1. The topological polar surface area (TPSA) is 110 Å². The van der Waals surface area contributed by atoms with Crippen molar-refractivity contribution in [3.8, 4) is 5.75 Å². The van der Waals surface area contributed by atoms with E-state index in [4.69, 9.17) is 10.5 Å². The first-order chi connectivity index (χ1) is 10.1. The molecule has 3 aromatic rings. The number of aromatic nitrogens is 4. The number of nitrogens with two attached hydrogens (primary N) is 1. The van der Waals surface area contributed by atoms with Gasteiger partial charge >= 0.3 is 0 Å². The molecule has 0 fully saturated rings. The fourth-order valence-electron chi connectivity index (χ4n) is 2.06. The Balaban J connectivity index is 1.71. The van der Waals surface area contributed by atoms with Gasteiger partial charge in [0.05, 0.1) is 6.61 Å². The number of rotatable bonds is 4. The van der Waals surface area contributed by atoms with Crippen molar-refractivity contribution in [1.29, 1.82) is 0 Å². The van der Waals surface area contributed by atoms with Crippen molar-refractivity contribution in [2.24, 2.45) is 0 Å². The highest BCUT2D eigenvalue weighted by Crippen LogP contribution is 2.13. The molecule has 0 bridgehead atoms. The number of nitrogens with one attached hydrogen (secondary N) is 2. The quantitative estimate of drug-likeness (QED) is 0.666. The van der Waals surface area contributed by atoms with Crippen LogP contribution in [0.1, 0.15) is 11.4 Å². The maximum Gasteiger partial charge on any atom is 0.278 e. The molecule has 2 aromatic heterocycles. The van der Waals surface area contributed by atoms with Gasteiger partial charge in [0.2, 0.25) is 5.95 Å². The Hall–Kier alpha value is -2.83. The first-order valence-electron chi connectivity index (χ1n) is 6.55. The second-order valence-electron chi connectivity index (χ2n) is 4.75. The zero-order valence-corrected chi connectivity index (χ0v) is 11.5. The zero-order valence-electron chi connectivity index (χ0n) is 11.5. The first kappa shape index (κ1) is 13.2. The normalized spacial score (nSPS) is 10.9. The molecule has 0 radical (unpaired) electrons. The van der Waals surface area contributed by atoms with E-state index in [0.717, 1.165) is 11.3 Å². The van der Waals surface area contributed by atoms with E-state index >= 15 is 0 Å². The molecule has 0 unspecified atom stereocenters. The maximum atomic E-state index is 11.7. The molecule has 21 heavy (non-hydrogen) atoms. The highest BCUT2D eigenvalue weighted by molar-refractivity contribution is 5.70. The maximum absolute atomic E-state index is 11.7. The predicted octanol–water partition coefficient (Wildman–Crippen LogP) is 1.16. The van der Waals surface area contributed by atoms with Gasteiger partial charge in [-0.25, -0.2) is 4.98 Å². The van der Waals surface area contributed by atoms with E-state index in [9.17, 15) is 4.79 Å². The van der Waals surface area contributed by atoms with Crippen LogP contribution in [0.4, 0.5) is 5.95 Å². The van der Waals surface area contributed by atoms with Crippen LogP contribution in [0.2, 0.25) is 0 Å². The second kappa shape index (κ2) is 5.28. The number of hydrogen-bond donors (Lipinski definition) is 3. The van der Waals surface area contributed by atoms with Crippen molar-refractivity contribution < 1.29 is 4.74 Å². The molecule has 0 aliphatic rings. The lowest BCUT2D eigenvalue weighted by Gasteiger charge is -2.05. The summed E-state index contributed by atoms with van der Waals surface area (Å²) in [6.45, 7) is 2.46. The molecule has 0 atom stereocenters. The molecule has 2 heterocycles. The summed E-state index contributed by atoms with van der Waals surface area (Å²) in [5, 5.41) is 0. The summed E-state index contributed by atoms with van der Waals surface area (Å²) >= 11 is 0. The van der Waals surface area contributed by atoms with E-state index < -0.39 is 0 Å². The fraction of sp³-hybridized carbons (Fsp3) is 0.214. The van der Waals surface area contributed by atoms with Gasteiger partial charge in [0.15, 0.2) is 11.2 Å². The van der Waals surface area contributed by atoms with Gasteiger partial charge in [-0.2, -0.15) is 4.98 Å². The molecule has 7 nitrogen and oxygen atoms in total. The van der Waals surface area contributed by atoms with Crippen LogP contribution in [-0.4, -0.2) is 26.5 Å². The van der Waals surface area contributed by atoms with Crippen molar-refractivity contribution in [1.82, 2.24) is 19.9 Å². The smallest absolute Gasteiger partial charge is 0.278 e. The van der Waals surface area contributed by atoms with Crippen LogP contribution in [0.15, 0.2) is 29.1 Å². The minimum Gasteiger partial charge on any atom is -0.493 e. The molecule has 1 aromatic carbocycles. The van der Waals surface area contributed by atoms with Gasteiger partial charge in [0.1, 0.15) is 11.6 Å². The standard InChI is InChI=1S/C14H15N5O2/c1-8-3-2-4-9(7-8)21-6-5-10-16-11-12(17-10)18-14(15)19-13(11)20/h2-4,7H,5-6H2,1H3,(H4,15,16,17,18,19,20). The number of nitrogens with zero attached hydrogens (tertiary/aromatic N) is 2. The summed E-state index contributed by atoms with van der Waals surface area (Å²) in [6.07, 6.45) is 0.545. The largest absolute Gasteiger partial charge is 0.493 e. The van der Waals surface area contributed by atoms with Gasteiger partial charge in [-0.15, -0.1) is 0 Å². The van der Waals surface area contributed by atoms with Crippen molar-refractivity contribution >= 4 is 17.1 Å². The van der Waals surface area contributed by atoms with Gasteiger partial charge in [0, 0.05) is 6.42 Å². The van der Waals surface area contributed by atoms with E-state index in [1.165, 1.54) is 0 Å². The van der Waals surface area contributed by atoms with Crippen LogP contribution in [0.5, 0.6) is 5.75 Å². The van der Waals surface area contributed by atoms with Crippen LogP contribution in [0, 0.1) is 6.92 Å². The van der Waals surface area contributed by atoms with Gasteiger partial charge in [-0.3, -0.25) is 9.78 Å². The molecule has 0 aliphatic heterocycles. The van der Waals surface area contributed by atoms with Crippen molar-refractivity contribution in [3.63, 3.8) is 0 Å². The van der Waals surface area contributed by atoms with Gasteiger partial charge in [-0.05, 0) is 24.6 Å². The molecule has 0 spiro atoms. The number of nitrogen functional groups attached to an aromatic ring is 1. The van der Waals surface area contributed by atoms with Gasteiger partial charge < -0.3 is 15.5 Å². The molecule has 7 heteroatoms. The van der Waals surface area contributed by atoms with Crippen molar-refractivity contribution in [3.05, 3.63) is 46.0 Å². The number of H-pyrrole nitrogens is 2. The Labute approximate surface area is 120 Å². The summed E-state index contributed by atoms with van der Waals surface area (Å²) in [6, 6.07) is 7.82. The molecule has 0 amide bonds. The molecular weight excluding hydrogens is 270 g/mol. The lowest BCUT2D eigenvalue weighted by molar-refractivity contribution is 0.319. The average molecular weight is 285 g/mol. The third kappa shape index (κ3) is 2.86. The van der Waals surface area contributed by atoms with Gasteiger partial charge in [0.25, 0.3) is 5.56 Å². The number of fused-ring (bicyclic) bond motifs is 1. The van der Waals surface area contributed by atoms with Crippen LogP contribution in [-0.2, 0) is 6.42 Å². The van der Waals surface area contributed by atoms with E-state index in [2.05, 4.69) is 19.9 Å². The SMILES string of the molecule is Cc1cccc(OCCc2nc3nc(N)[nH]c(=O)c3[nH]2)c1. The molecule has 4 N–H and O–H groups in total. The molecular formula is C14H15N5O2. The number of anilines is 1. The Morgan fingerprint density at radius 1 is 1.29 bits per heavy atom. The van der Waals surface area contributed by atoms with Gasteiger partial charge in [-0.1, -0.05) is 12.1 Å². The Kier molecular flexibility index (Phi) is 3.31. The van der Waals surface area contributed by atoms with E-state index in [0.29, 0.717) is 30.0 Å². The fourth-order valence-corrected chi connectivity index (χ4v) is 2.06. The van der Waals surface area contributed by atoms with E-state index in [-0.39, 0.29) is 11.5 Å². The van der Waals surface area contributed by atoms with Crippen LogP contribution < -0.4 is 16.0 Å². The summed E-state index contributed by atoms with van der Waals surface area (Å²) in [4.78, 5) is 25.2. The third-order valence-corrected chi connectivity index (χ3v) is 3.03. The summed E-state index contributed by atoms with van der Waals surface area (Å²) in [5.74, 6) is 1.51. The van der Waals surface area contributed by atoms with Crippen LogP contribution in [0.3, 0.4) is 0 Å².